The smallest absolute Gasteiger partial charge is 0.119 e. The van der Waals surface area contributed by atoms with Crippen LogP contribution in [0.4, 0.5) is 0 Å². The molecule has 1 aromatic carbocycles. The summed E-state index contributed by atoms with van der Waals surface area (Å²) in [5.41, 5.74) is 2.36. The van der Waals surface area contributed by atoms with Crippen LogP contribution in [0.1, 0.15) is 46.6 Å². The van der Waals surface area contributed by atoms with Crippen molar-refractivity contribution in [1.82, 2.24) is 9.88 Å². The van der Waals surface area contributed by atoms with E-state index in [4.69, 9.17) is 4.74 Å². The van der Waals surface area contributed by atoms with Crippen LogP contribution in [0.2, 0.25) is 0 Å². The molecular formula is C23H36N2O. The maximum atomic E-state index is 5.39. The molecule has 0 aliphatic heterocycles. The summed E-state index contributed by atoms with van der Waals surface area (Å²) < 4.78 is 5.39. The second kappa shape index (κ2) is 11.7. The average molecular weight is 357 g/mol. The molecule has 3 nitrogen and oxygen atoms in total. The van der Waals surface area contributed by atoms with E-state index in [9.17, 15) is 0 Å². The molecule has 0 saturated carbocycles. The Labute approximate surface area is 160 Å². The highest BCUT2D eigenvalue weighted by atomic mass is 16.5. The van der Waals surface area contributed by atoms with Crippen LogP contribution >= 0.6 is 0 Å². The molecule has 2 atom stereocenters. The SMILES string of the molecule is C=CC(C)CN(CCC)C(C)Cc1ccnc2ccc(OC)cc12.CC. The van der Waals surface area contributed by atoms with Gasteiger partial charge >= 0.3 is 0 Å². The molecule has 144 valence electrons. The summed E-state index contributed by atoms with van der Waals surface area (Å²) in [4.78, 5) is 7.05. The van der Waals surface area contributed by atoms with E-state index in [0.29, 0.717) is 12.0 Å². The topological polar surface area (TPSA) is 25.4 Å². The fourth-order valence-corrected chi connectivity index (χ4v) is 3.16. The summed E-state index contributed by atoms with van der Waals surface area (Å²) >= 11 is 0. The number of aromatic nitrogens is 1. The molecule has 0 fully saturated rings. The Bertz CT molecular complexity index is 668. The Morgan fingerprint density at radius 1 is 1.23 bits per heavy atom. The summed E-state index contributed by atoms with van der Waals surface area (Å²) in [6.45, 7) is 16.9. The Kier molecular flexibility index (Phi) is 9.97. The number of fused-ring (bicyclic) bond motifs is 1. The van der Waals surface area contributed by atoms with Crippen molar-refractivity contribution in [2.75, 3.05) is 20.2 Å². The second-order valence-corrected chi connectivity index (χ2v) is 6.61. The molecule has 0 radical (unpaired) electrons. The minimum atomic E-state index is 0.476. The van der Waals surface area contributed by atoms with Crippen LogP contribution in [0.5, 0.6) is 5.75 Å². The van der Waals surface area contributed by atoms with Crippen LogP contribution in [-0.2, 0) is 6.42 Å². The van der Waals surface area contributed by atoms with E-state index >= 15 is 0 Å². The maximum Gasteiger partial charge on any atom is 0.119 e. The standard InChI is InChI=1S/C21H30N2O.C2H6/c1-6-12-23(15-16(3)7-2)17(4)13-18-10-11-22-21-9-8-19(24-5)14-20(18)21;1-2/h7-11,14,16-17H,2,6,12-13,15H2,1,3-5H3;1-2H3. The first-order valence-electron chi connectivity index (χ1n) is 9.87. The van der Waals surface area contributed by atoms with Gasteiger partial charge in [0.15, 0.2) is 0 Å². The van der Waals surface area contributed by atoms with Gasteiger partial charge in [-0.3, -0.25) is 9.88 Å². The Morgan fingerprint density at radius 2 is 1.96 bits per heavy atom. The van der Waals surface area contributed by atoms with E-state index in [1.165, 1.54) is 17.4 Å². The summed E-state index contributed by atoms with van der Waals surface area (Å²) in [6, 6.07) is 8.72. The molecule has 26 heavy (non-hydrogen) atoms. The van der Waals surface area contributed by atoms with Crippen LogP contribution < -0.4 is 4.74 Å². The van der Waals surface area contributed by atoms with Gasteiger partial charge in [-0.2, -0.15) is 0 Å². The van der Waals surface area contributed by atoms with Gasteiger partial charge in [0.25, 0.3) is 0 Å². The van der Waals surface area contributed by atoms with E-state index in [-0.39, 0.29) is 0 Å². The maximum absolute atomic E-state index is 5.39. The largest absolute Gasteiger partial charge is 0.497 e. The third-order valence-corrected chi connectivity index (χ3v) is 4.61. The fourth-order valence-electron chi connectivity index (χ4n) is 3.16. The van der Waals surface area contributed by atoms with Gasteiger partial charge in [0, 0.05) is 24.2 Å². The van der Waals surface area contributed by atoms with Gasteiger partial charge in [-0.1, -0.05) is 33.8 Å². The van der Waals surface area contributed by atoms with E-state index in [1.807, 2.05) is 38.3 Å². The lowest BCUT2D eigenvalue weighted by molar-refractivity contribution is 0.192. The number of pyridine rings is 1. The summed E-state index contributed by atoms with van der Waals surface area (Å²) in [5.74, 6) is 1.39. The molecule has 2 unspecified atom stereocenters. The zero-order valence-electron chi connectivity index (χ0n) is 17.5. The first kappa shape index (κ1) is 22.2. The molecule has 1 aromatic heterocycles. The lowest BCUT2D eigenvalue weighted by Crippen LogP contribution is -2.38. The van der Waals surface area contributed by atoms with Gasteiger partial charge in [0.1, 0.15) is 5.75 Å². The highest BCUT2D eigenvalue weighted by Crippen LogP contribution is 2.24. The van der Waals surface area contributed by atoms with Gasteiger partial charge in [-0.15, -0.1) is 6.58 Å². The molecule has 0 saturated heterocycles. The number of benzene rings is 1. The van der Waals surface area contributed by atoms with E-state index in [1.54, 1.807) is 7.11 Å². The van der Waals surface area contributed by atoms with Crippen molar-refractivity contribution in [2.24, 2.45) is 5.92 Å². The molecule has 0 amide bonds. The van der Waals surface area contributed by atoms with Gasteiger partial charge in [-0.05, 0) is 62.1 Å². The van der Waals surface area contributed by atoms with Gasteiger partial charge < -0.3 is 4.74 Å². The Morgan fingerprint density at radius 3 is 2.58 bits per heavy atom. The first-order chi connectivity index (χ1) is 12.6. The number of methoxy groups -OCH3 is 1. The Hall–Kier alpha value is -1.87. The van der Waals surface area contributed by atoms with Gasteiger partial charge in [-0.25, -0.2) is 0 Å². The van der Waals surface area contributed by atoms with Crippen molar-refractivity contribution < 1.29 is 4.74 Å². The number of ether oxygens (including phenoxy) is 1. The van der Waals surface area contributed by atoms with Gasteiger partial charge in [0.05, 0.1) is 12.6 Å². The third kappa shape index (κ3) is 6.14. The van der Waals surface area contributed by atoms with Crippen molar-refractivity contribution in [3.05, 3.63) is 48.7 Å². The number of rotatable bonds is 9. The van der Waals surface area contributed by atoms with Crippen molar-refractivity contribution >= 4 is 10.9 Å². The summed E-state index contributed by atoms with van der Waals surface area (Å²) in [6.07, 6.45) is 6.13. The van der Waals surface area contributed by atoms with Crippen LogP contribution in [0, 0.1) is 5.92 Å². The molecule has 3 heteroatoms. The number of hydrogen-bond acceptors (Lipinski definition) is 3. The van der Waals surface area contributed by atoms with E-state index in [2.05, 4.69) is 49.4 Å². The minimum absolute atomic E-state index is 0.476. The molecule has 2 aromatic rings. The minimum Gasteiger partial charge on any atom is -0.497 e. The Balaban J connectivity index is 0.00000163. The number of nitrogens with zero attached hydrogens (tertiary/aromatic N) is 2. The van der Waals surface area contributed by atoms with E-state index in [0.717, 1.165) is 30.8 Å². The number of hydrogen-bond donors (Lipinski definition) is 0. The zero-order chi connectivity index (χ0) is 19.5. The van der Waals surface area contributed by atoms with E-state index < -0.39 is 0 Å². The average Bonchev–Trinajstić information content (AvgIpc) is 2.68. The quantitative estimate of drug-likeness (QED) is 0.536. The summed E-state index contributed by atoms with van der Waals surface area (Å²) in [5, 5.41) is 1.19. The molecule has 1 heterocycles. The summed E-state index contributed by atoms with van der Waals surface area (Å²) in [7, 11) is 1.71. The molecule has 0 aliphatic rings. The predicted molar refractivity (Wildman–Crippen MR) is 114 cm³/mol. The van der Waals surface area contributed by atoms with Gasteiger partial charge in [0.2, 0.25) is 0 Å². The molecule has 2 rings (SSSR count). The molecular weight excluding hydrogens is 320 g/mol. The molecule has 0 spiro atoms. The highest BCUT2D eigenvalue weighted by Gasteiger charge is 2.16. The highest BCUT2D eigenvalue weighted by molar-refractivity contribution is 5.83. The molecule has 0 aliphatic carbocycles. The first-order valence-corrected chi connectivity index (χ1v) is 9.87. The fraction of sp³-hybridized carbons (Fsp3) is 0.522. The van der Waals surface area contributed by atoms with Crippen molar-refractivity contribution in [1.29, 1.82) is 0 Å². The predicted octanol–water partition coefficient (Wildman–Crippen LogP) is 5.73. The molecule has 0 bridgehead atoms. The van der Waals surface area contributed by atoms with Crippen molar-refractivity contribution in [3.63, 3.8) is 0 Å². The lowest BCUT2D eigenvalue weighted by Gasteiger charge is -2.31. The second-order valence-electron chi connectivity index (χ2n) is 6.61. The van der Waals surface area contributed by atoms with Crippen LogP contribution in [0.15, 0.2) is 43.1 Å². The normalized spacial score (nSPS) is 13.0. The lowest BCUT2D eigenvalue weighted by atomic mass is 10.0. The van der Waals surface area contributed by atoms with Crippen molar-refractivity contribution in [2.45, 2.75) is 53.5 Å². The van der Waals surface area contributed by atoms with Crippen molar-refractivity contribution in [3.8, 4) is 5.75 Å². The monoisotopic (exact) mass is 356 g/mol. The van der Waals surface area contributed by atoms with Crippen LogP contribution in [-0.4, -0.2) is 36.1 Å². The third-order valence-electron chi connectivity index (χ3n) is 4.61. The van der Waals surface area contributed by atoms with Crippen LogP contribution in [0.3, 0.4) is 0 Å². The zero-order valence-corrected chi connectivity index (χ0v) is 17.5. The molecule has 0 N–H and O–H groups in total. The van der Waals surface area contributed by atoms with Crippen LogP contribution in [0.25, 0.3) is 10.9 Å².